The van der Waals surface area contributed by atoms with Crippen LogP contribution >= 0.6 is 11.9 Å². The molecule has 1 saturated heterocycles. The number of hydrogen-bond donors (Lipinski definition) is 1. The molecule has 1 aliphatic rings. The summed E-state index contributed by atoms with van der Waals surface area (Å²) >= 11 is 1.31. The summed E-state index contributed by atoms with van der Waals surface area (Å²) in [5.74, 6) is 0.467. The Hall–Kier alpha value is -3.13. The van der Waals surface area contributed by atoms with Crippen molar-refractivity contribution in [1.29, 1.82) is 5.26 Å². The van der Waals surface area contributed by atoms with Gasteiger partial charge in [-0.3, -0.25) is 0 Å². The molecule has 1 N–H and O–H groups in total. The van der Waals surface area contributed by atoms with Crippen molar-refractivity contribution < 1.29 is 8.95 Å². The molecular weight excluding hydrogens is 456 g/mol. The minimum Gasteiger partial charge on any atom is -0.378 e. The third-order valence-corrected chi connectivity index (χ3v) is 7.43. The molecule has 0 aliphatic carbocycles. The van der Waals surface area contributed by atoms with Crippen LogP contribution in [-0.2, 0) is 15.7 Å². The van der Waals surface area contributed by atoms with E-state index < -0.39 is 11.0 Å². The van der Waals surface area contributed by atoms with Gasteiger partial charge in [0.05, 0.1) is 30.2 Å². The first-order valence-electron chi connectivity index (χ1n) is 10.3. The third kappa shape index (κ3) is 5.45. The number of aromatic nitrogens is 2. The Morgan fingerprint density at radius 3 is 2.61 bits per heavy atom. The molecule has 0 saturated carbocycles. The van der Waals surface area contributed by atoms with Crippen molar-refractivity contribution in [2.45, 2.75) is 0 Å². The molecule has 2 heterocycles. The van der Waals surface area contributed by atoms with Gasteiger partial charge in [-0.1, -0.05) is 6.07 Å². The van der Waals surface area contributed by atoms with Crippen molar-refractivity contribution in [3.05, 3.63) is 60.3 Å². The lowest BCUT2D eigenvalue weighted by molar-refractivity contribution is 0.122. The first kappa shape index (κ1) is 23.0. The second-order valence-corrected chi connectivity index (χ2v) is 9.42. The van der Waals surface area contributed by atoms with E-state index in [0.29, 0.717) is 22.9 Å². The summed E-state index contributed by atoms with van der Waals surface area (Å²) in [7, 11) is -1.25. The number of nitrogens with one attached hydrogen (secondary N) is 1. The number of rotatable bonds is 7. The second-order valence-electron chi connectivity index (χ2n) is 7.24. The zero-order valence-corrected chi connectivity index (χ0v) is 20.0. The minimum atomic E-state index is -1.25. The maximum Gasteiger partial charge on any atom is 0.227 e. The average molecular weight is 481 g/mol. The van der Waals surface area contributed by atoms with Crippen molar-refractivity contribution >= 4 is 45.9 Å². The molecule has 0 amide bonds. The van der Waals surface area contributed by atoms with E-state index in [1.807, 2.05) is 24.5 Å². The Balaban J connectivity index is 1.53. The van der Waals surface area contributed by atoms with E-state index >= 15 is 0 Å². The maximum atomic E-state index is 12.0. The molecule has 1 atom stereocenters. The second kappa shape index (κ2) is 10.7. The van der Waals surface area contributed by atoms with Crippen LogP contribution in [0.4, 0.5) is 23.0 Å². The maximum absolute atomic E-state index is 12.0. The first-order chi connectivity index (χ1) is 16.1. The van der Waals surface area contributed by atoms with Gasteiger partial charge in [0.2, 0.25) is 5.95 Å². The topological polar surface area (TPSA) is 94.4 Å². The van der Waals surface area contributed by atoms with Gasteiger partial charge in [0.1, 0.15) is 17.1 Å². The van der Waals surface area contributed by atoms with Crippen molar-refractivity contribution in [3.8, 4) is 17.3 Å². The van der Waals surface area contributed by atoms with Gasteiger partial charge in [0.25, 0.3) is 0 Å². The SMILES string of the molecule is CSN(c1ccc(-c2ccnc(Nc3ccc(N4CCOCC4)cc3)n2)cc1C#N)S(C)=O. The van der Waals surface area contributed by atoms with E-state index in [9.17, 15) is 9.47 Å². The lowest BCUT2D eigenvalue weighted by Gasteiger charge is -2.28. The Morgan fingerprint density at radius 2 is 1.94 bits per heavy atom. The van der Waals surface area contributed by atoms with Crippen molar-refractivity contribution in [2.75, 3.05) is 52.7 Å². The standard InChI is InChI=1S/C23H24N6O2S2/c1-32-29(33(2)30)22-8-3-17(15-18(22)16-24)21-9-10-25-23(27-21)26-19-4-6-20(7-5-19)28-11-13-31-14-12-28/h3-10,15H,11-14H2,1-2H3,(H,25,26,27). The van der Waals surface area contributed by atoms with Crippen LogP contribution in [0.3, 0.4) is 0 Å². The molecule has 1 fully saturated rings. The summed E-state index contributed by atoms with van der Waals surface area (Å²) in [5.41, 5.74) is 4.57. The fourth-order valence-electron chi connectivity index (χ4n) is 3.57. The summed E-state index contributed by atoms with van der Waals surface area (Å²) < 4.78 is 19.0. The Labute approximate surface area is 200 Å². The molecule has 0 radical (unpaired) electrons. The van der Waals surface area contributed by atoms with E-state index in [0.717, 1.165) is 43.2 Å². The van der Waals surface area contributed by atoms with Crippen LogP contribution in [0, 0.1) is 11.3 Å². The number of ether oxygens (including phenoxy) is 1. The van der Waals surface area contributed by atoms with Crippen LogP contribution in [0.5, 0.6) is 0 Å². The molecule has 0 spiro atoms. The van der Waals surface area contributed by atoms with Gasteiger partial charge in [-0.2, -0.15) is 5.26 Å². The Morgan fingerprint density at radius 1 is 1.18 bits per heavy atom. The van der Waals surface area contributed by atoms with Crippen LogP contribution in [-0.4, -0.2) is 53.0 Å². The van der Waals surface area contributed by atoms with Crippen molar-refractivity contribution in [2.24, 2.45) is 0 Å². The Kier molecular flexibility index (Phi) is 7.44. The van der Waals surface area contributed by atoms with Gasteiger partial charge >= 0.3 is 0 Å². The quantitative estimate of drug-likeness (QED) is 0.508. The minimum absolute atomic E-state index is 0.434. The molecule has 1 aliphatic heterocycles. The van der Waals surface area contributed by atoms with Gasteiger partial charge in [0, 0.05) is 48.7 Å². The van der Waals surface area contributed by atoms with E-state index in [1.165, 1.54) is 11.9 Å². The number of morpholine rings is 1. The summed E-state index contributed by atoms with van der Waals surface area (Å²) in [5, 5.41) is 12.9. The summed E-state index contributed by atoms with van der Waals surface area (Å²) in [6.07, 6.45) is 5.09. The van der Waals surface area contributed by atoms with E-state index in [-0.39, 0.29) is 0 Å². The van der Waals surface area contributed by atoms with Crippen LogP contribution < -0.4 is 13.9 Å². The van der Waals surface area contributed by atoms with Gasteiger partial charge in [0.15, 0.2) is 0 Å². The Bertz CT molecular complexity index is 1180. The van der Waals surface area contributed by atoms with Gasteiger partial charge in [-0.15, -0.1) is 0 Å². The van der Waals surface area contributed by atoms with Crippen LogP contribution in [0.25, 0.3) is 11.3 Å². The van der Waals surface area contributed by atoms with Crippen molar-refractivity contribution in [3.63, 3.8) is 0 Å². The smallest absolute Gasteiger partial charge is 0.227 e. The molecule has 10 heteroatoms. The highest BCUT2D eigenvalue weighted by atomic mass is 32.2. The normalized spacial score (nSPS) is 14.4. The monoisotopic (exact) mass is 480 g/mol. The first-order valence-corrected chi connectivity index (χ1v) is 13.0. The van der Waals surface area contributed by atoms with Gasteiger partial charge < -0.3 is 15.0 Å². The van der Waals surface area contributed by atoms with Crippen molar-refractivity contribution in [1.82, 2.24) is 9.97 Å². The summed E-state index contributed by atoms with van der Waals surface area (Å²) in [4.78, 5) is 11.2. The van der Waals surface area contributed by atoms with E-state index in [2.05, 4.69) is 38.4 Å². The fourth-order valence-corrected chi connectivity index (χ4v) is 5.20. The number of nitriles is 1. The van der Waals surface area contributed by atoms with Gasteiger partial charge in [-0.25, -0.2) is 17.9 Å². The number of nitrogens with zero attached hydrogens (tertiary/aromatic N) is 5. The fraction of sp³-hybridized carbons (Fsp3) is 0.261. The van der Waals surface area contributed by atoms with E-state index in [1.54, 1.807) is 34.4 Å². The van der Waals surface area contributed by atoms with Crippen LogP contribution in [0.1, 0.15) is 5.56 Å². The molecule has 2 aromatic carbocycles. The van der Waals surface area contributed by atoms with Crippen LogP contribution in [0.15, 0.2) is 54.7 Å². The summed E-state index contributed by atoms with van der Waals surface area (Å²) in [6.45, 7) is 3.29. The molecule has 1 unspecified atom stereocenters. The molecule has 170 valence electrons. The van der Waals surface area contributed by atoms with Gasteiger partial charge in [-0.05, 0) is 54.4 Å². The number of anilines is 4. The molecule has 3 aromatic rings. The third-order valence-electron chi connectivity index (χ3n) is 5.16. The molecule has 4 rings (SSSR count). The molecule has 8 nitrogen and oxygen atoms in total. The average Bonchev–Trinajstić information content (AvgIpc) is 2.85. The zero-order chi connectivity index (χ0) is 23.2. The zero-order valence-electron chi connectivity index (χ0n) is 18.4. The summed E-state index contributed by atoms with van der Waals surface area (Å²) in [6, 6.07) is 17.6. The molecule has 0 bridgehead atoms. The molecular formula is C23H24N6O2S2. The number of hydrogen-bond acceptors (Lipinski definition) is 8. The molecule has 1 aromatic heterocycles. The predicted octanol–water partition coefficient (Wildman–Crippen LogP) is 3.97. The molecule has 33 heavy (non-hydrogen) atoms. The highest BCUT2D eigenvalue weighted by Crippen LogP contribution is 2.30. The lowest BCUT2D eigenvalue weighted by Crippen LogP contribution is -2.36. The van der Waals surface area contributed by atoms with E-state index in [4.69, 9.17) is 4.74 Å². The largest absolute Gasteiger partial charge is 0.378 e. The highest BCUT2D eigenvalue weighted by Gasteiger charge is 2.16. The lowest BCUT2D eigenvalue weighted by atomic mass is 10.1. The predicted molar refractivity (Wildman–Crippen MR) is 135 cm³/mol. The number of benzene rings is 2. The highest BCUT2D eigenvalue weighted by molar-refractivity contribution is 8.11. The van der Waals surface area contributed by atoms with Crippen LogP contribution in [0.2, 0.25) is 0 Å².